The van der Waals surface area contributed by atoms with Gasteiger partial charge in [-0.3, -0.25) is 14.4 Å². The molecule has 5 nitrogen and oxygen atoms in total. The summed E-state index contributed by atoms with van der Waals surface area (Å²) in [6.07, 6.45) is 3.71. The van der Waals surface area contributed by atoms with Crippen molar-refractivity contribution in [2.45, 2.75) is 12.5 Å². The Morgan fingerprint density at radius 1 is 1.32 bits per heavy atom. The first-order valence-electron chi connectivity index (χ1n) is 7.11. The van der Waals surface area contributed by atoms with E-state index in [2.05, 4.69) is 22.1 Å². The largest absolute Gasteiger partial charge is 0.481 e. The Hall–Kier alpha value is -1.85. The number of aliphatic carboxylic acids is 1. The summed E-state index contributed by atoms with van der Waals surface area (Å²) in [4.78, 5) is 13.8. The van der Waals surface area contributed by atoms with Crippen LogP contribution >= 0.6 is 12.4 Å². The van der Waals surface area contributed by atoms with E-state index in [9.17, 15) is 9.90 Å². The van der Waals surface area contributed by atoms with E-state index in [4.69, 9.17) is 0 Å². The fourth-order valence-corrected chi connectivity index (χ4v) is 3.08. The third kappa shape index (κ3) is 3.48. The van der Waals surface area contributed by atoms with E-state index in [0.717, 1.165) is 18.7 Å². The number of rotatable bonds is 4. The SMILES string of the molecule is Cl.Cn1cc([C@H]2CN(Cc3ccccc3)C[C@@H]2C(=O)O)cn1. The van der Waals surface area contributed by atoms with Gasteiger partial charge in [0.05, 0.1) is 12.1 Å². The number of aromatic nitrogens is 2. The summed E-state index contributed by atoms with van der Waals surface area (Å²) < 4.78 is 1.73. The van der Waals surface area contributed by atoms with Gasteiger partial charge in [0.15, 0.2) is 0 Å². The number of benzene rings is 1. The van der Waals surface area contributed by atoms with Crippen molar-refractivity contribution in [2.75, 3.05) is 13.1 Å². The van der Waals surface area contributed by atoms with Gasteiger partial charge in [0.2, 0.25) is 0 Å². The first-order chi connectivity index (χ1) is 10.1. The molecule has 0 unspecified atom stereocenters. The summed E-state index contributed by atoms with van der Waals surface area (Å²) in [5, 5.41) is 13.7. The average molecular weight is 322 g/mol. The number of hydrogen-bond acceptors (Lipinski definition) is 3. The normalized spacial score (nSPS) is 21.5. The van der Waals surface area contributed by atoms with E-state index in [1.807, 2.05) is 31.4 Å². The van der Waals surface area contributed by atoms with Crippen molar-refractivity contribution >= 4 is 18.4 Å². The predicted molar refractivity (Wildman–Crippen MR) is 86.0 cm³/mol. The van der Waals surface area contributed by atoms with E-state index >= 15 is 0 Å². The fourth-order valence-electron chi connectivity index (χ4n) is 3.08. The summed E-state index contributed by atoms with van der Waals surface area (Å²) in [5.74, 6) is -1.07. The molecular weight excluding hydrogens is 302 g/mol. The van der Waals surface area contributed by atoms with Crippen molar-refractivity contribution in [1.82, 2.24) is 14.7 Å². The summed E-state index contributed by atoms with van der Waals surface area (Å²) in [6, 6.07) is 10.2. The molecule has 0 amide bonds. The van der Waals surface area contributed by atoms with Crippen LogP contribution in [0.5, 0.6) is 0 Å². The van der Waals surface area contributed by atoms with Crippen LogP contribution in [0.25, 0.3) is 0 Å². The summed E-state index contributed by atoms with van der Waals surface area (Å²) in [6.45, 7) is 2.14. The number of carboxylic acids is 1. The molecule has 0 radical (unpaired) electrons. The van der Waals surface area contributed by atoms with Gasteiger partial charge in [-0.15, -0.1) is 12.4 Å². The Kier molecular flexibility index (Phi) is 5.21. The highest BCUT2D eigenvalue weighted by atomic mass is 35.5. The van der Waals surface area contributed by atoms with E-state index < -0.39 is 5.97 Å². The fraction of sp³-hybridized carbons (Fsp3) is 0.375. The van der Waals surface area contributed by atoms with Gasteiger partial charge in [-0.25, -0.2) is 0 Å². The Morgan fingerprint density at radius 2 is 2.05 bits per heavy atom. The van der Waals surface area contributed by atoms with Crippen molar-refractivity contribution < 1.29 is 9.90 Å². The van der Waals surface area contributed by atoms with Gasteiger partial charge in [-0.1, -0.05) is 30.3 Å². The Morgan fingerprint density at radius 3 is 2.64 bits per heavy atom. The number of carbonyl (C=O) groups is 1. The highest BCUT2D eigenvalue weighted by Gasteiger charge is 2.38. The molecule has 1 saturated heterocycles. The smallest absolute Gasteiger partial charge is 0.308 e. The monoisotopic (exact) mass is 321 g/mol. The minimum Gasteiger partial charge on any atom is -0.481 e. The number of hydrogen-bond donors (Lipinski definition) is 1. The number of carboxylic acid groups (broad SMARTS) is 1. The molecular formula is C16H20ClN3O2. The van der Waals surface area contributed by atoms with Crippen molar-refractivity contribution in [1.29, 1.82) is 0 Å². The number of halogens is 1. The number of likely N-dealkylation sites (tertiary alicyclic amines) is 1. The van der Waals surface area contributed by atoms with Gasteiger partial charge < -0.3 is 5.11 Å². The second kappa shape index (κ2) is 6.94. The summed E-state index contributed by atoms with van der Waals surface area (Å²) in [7, 11) is 1.86. The van der Waals surface area contributed by atoms with Gasteiger partial charge in [0, 0.05) is 38.8 Å². The first kappa shape index (κ1) is 16.5. The third-order valence-corrected chi connectivity index (χ3v) is 4.11. The van der Waals surface area contributed by atoms with Gasteiger partial charge in [-0.2, -0.15) is 5.10 Å². The van der Waals surface area contributed by atoms with Gasteiger partial charge in [0.25, 0.3) is 0 Å². The topological polar surface area (TPSA) is 58.4 Å². The lowest BCUT2D eigenvalue weighted by Crippen LogP contribution is -2.23. The molecule has 0 bridgehead atoms. The second-order valence-electron chi connectivity index (χ2n) is 5.68. The molecule has 2 aromatic rings. The standard InChI is InChI=1S/C16H19N3O2.ClH/c1-18-9-13(7-17-18)14-10-19(11-15(14)16(20)21)8-12-5-3-2-4-6-12;/h2-7,9,14-15H,8,10-11H2,1H3,(H,20,21);1H/t14-,15+;/m1./s1. The number of aryl methyl sites for hydroxylation is 1. The lowest BCUT2D eigenvalue weighted by atomic mass is 9.91. The van der Waals surface area contributed by atoms with Gasteiger partial charge in [0.1, 0.15) is 0 Å². The molecule has 3 rings (SSSR count). The maximum atomic E-state index is 11.5. The van der Waals surface area contributed by atoms with Crippen LogP contribution in [0.15, 0.2) is 42.7 Å². The van der Waals surface area contributed by atoms with Crippen LogP contribution in [0.1, 0.15) is 17.0 Å². The van der Waals surface area contributed by atoms with Crippen molar-refractivity contribution in [3.63, 3.8) is 0 Å². The van der Waals surface area contributed by atoms with Crippen molar-refractivity contribution in [2.24, 2.45) is 13.0 Å². The van der Waals surface area contributed by atoms with Crippen LogP contribution in [-0.2, 0) is 18.4 Å². The maximum Gasteiger partial charge on any atom is 0.308 e. The molecule has 1 aliphatic rings. The molecule has 1 fully saturated rings. The van der Waals surface area contributed by atoms with Crippen LogP contribution in [0.2, 0.25) is 0 Å². The zero-order valence-corrected chi connectivity index (χ0v) is 13.2. The molecule has 118 valence electrons. The Balaban J connectivity index is 0.00000176. The van der Waals surface area contributed by atoms with E-state index in [-0.39, 0.29) is 24.2 Å². The van der Waals surface area contributed by atoms with E-state index in [1.165, 1.54) is 5.56 Å². The second-order valence-corrected chi connectivity index (χ2v) is 5.68. The van der Waals surface area contributed by atoms with E-state index in [0.29, 0.717) is 6.54 Å². The molecule has 0 saturated carbocycles. The molecule has 1 aliphatic heterocycles. The van der Waals surface area contributed by atoms with Crippen molar-refractivity contribution in [3.8, 4) is 0 Å². The molecule has 1 aromatic heterocycles. The zero-order chi connectivity index (χ0) is 14.8. The zero-order valence-electron chi connectivity index (χ0n) is 12.4. The van der Waals surface area contributed by atoms with Crippen molar-refractivity contribution in [3.05, 3.63) is 53.9 Å². The Bertz CT molecular complexity index is 629. The van der Waals surface area contributed by atoms with Crippen LogP contribution in [0.4, 0.5) is 0 Å². The van der Waals surface area contributed by atoms with Crippen LogP contribution in [0, 0.1) is 5.92 Å². The minimum absolute atomic E-state index is 0. The number of nitrogens with zero attached hydrogens (tertiary/aromatic N) is 3. The van der Waals surface area contributed by atoms with Crippen LogP contribution < -0.4 is 0 Å². The van der Waals surface area contributed by atoms with Gasteiger partial charge in [-0.05, 0) is 11.1 Å². The highest BCUT2D eigenvalue weighted by Crippen LogP contribution is 2.33. The van der Waals surface area contributed by atoms with Gasteiger partial charge >= 0.3 is 5.97 Å². The molecule has 1 N–H and O–H groups in total. The van der Waals surface area contributed by atoms with E-state index in [1.54, 1.807) is 10.9 Å². The molecule has 0 aliphatic carbocycles. The molecule has 22 heavy (non-hydrogen) atoms. The molecule has 6 heteroatoms. The molecule has 2 heterocycles. The Labute approximate surface area is 136 Å². The lowest BCUT2D eigenvalue weighted by molar-refractivity contribution is -0.141. The first-order valence-corrected chi connectivity index (χ1v) is 7.11. The molecule has 1 aromatic carbocycles. The predicted octanol–water partition coefficient (Wildman–Crippen LogP) is 2.14. The summed E-state index contributed by atoms with van der Waals surface area (Å²) in [5.41, 5.74) is 2.23. The molecule has 0 spiro atoms. The maximum absolute atomic E-state index is 11.5. The molecule has 2 atom stereocenters. The quantitative estimate of drug-likeness (QED) is 0.937. The minimum atomic E-state index is -0.723. The lowest BCUT2D eigenvalue weighted by Gasteiger charge is -2.15. The van der Waals surface area contributed by atoms with Crippen LogP contribution in [0.3, 0.4) is 0 Å². The van der Waals surface area contributed by atoms with Crippen LogP contribution in [-0.4, -0.2) is 38.8 Å². The third-order valence-electron chi connectivity index (χ3n) is 4.11. The summed E-state index contributed by atoms with van der Waals surface area (Å²) >= 11 is 0. The highest BCUT2D eigenvalue weighted by molar-refractivity contribution is 5.85. The average Bonchev–Trinajstić information content (AvgIpc) is 3.06.